The summed E-state index contributed by atoms with van der Waals surface area (Å²) in [5.41, 5.74) is 2.33. The highest BCUT2D eigenvalue weighted by Crippen LogP contribution is 2.19. The van der Waals surface area contributed by atoms with Crippen LogP contribution in [0.15, 0.2) is 53.3 Å². The first-order valence-corrected chi connectivity index (χ1v) is 5.21. The third-order valence-electron chi connectivity index (χ3n) is 2.59. The predicted octanol–water partition coefficient (Wildman–Crippen LogP) is 3.93. The molecular formula is C14H11NO. The van der Waals surface area contributed by atoms with Crippen molar-refractivity contribution in [3.05, 3.63) is 60.2 Å². The van der Waals surface area contributed by atoms with Gasteiger partial charge in [0.1, 0.15) is 5.76 Å². The van der Waals surface area contributed by atoms with Crippen molar-refractivity contribution in [1.82, 2.24) is 4.98 Å². The minimum atomic E-state index is 0.866. The summed E-state index contributed by atoms with van der Waals surface area (Å²) in [6.45, 7) is 0. The van der Waals surface area contributed by atoms with Gasteiger partial charge in [0.2, 0.25) is 0 Å². The lowest BCUT2D eigenvalue weighted by atomic mass is 10.1. The van der Waals surface area contributed by atoms with Crippen molar-refractivity contribution in [2.75, 3.05) is 0 Å². The Kier molecular flexibility index (Phi) is 2.11. The lowest BCUT2D eigenvalue weighted by Crippen LogP contribution is -1.67. The van der Waals surface area contributed by atoms with Gasteiger partial charge in [0, 0.05) is 17.1 Å². The maximum Gasteiger partial charge on any atom is 0.126 e. The summed E-state index contributed by atoms with van der Waals surface area (Å²) >= 11 is 0. The summed E-state index contributed by atoms with van der Waals surface area (Å²) in [6.07, 6.45) is 7.70. The first-order valence-electron chi connectivity index (χ1n) is 5.21. The zero-order valence-corrected chi connectivity index (χ0v) is 8.68. The zero-order valence-electron chi connectivity index (χ0n) is 8.68. The Bertz CT molecular complexity index is 617. The first-order chi connectivity index (χ1) is 7.93. The fourth-order valence-corrected chi connectivity index (χ4v) is 1.79. The van der Waals surface area contributed by atoms with E-state index in [4.69, 9.17) is 4.42 Å². The van der Waals surface area contributed by atoms with Crippen molar-refractivity contribution < 1.29 is 4.42 Å². The molecule has 0 atom stereocenters. The molecule has 3 rings (SSSR count). The molecule has 0 radical (unpaired) electrons. The molecule has 2 nitrogen and oxygen atoms in total. The number of hydrogen-bond acceptors (Lipinski definition) is 1. The summed E-state index contributed by atoms with van der Waals surface area (Å²) in [6, 6.07) is 12.1. The maximum absolute atomic E-state index is 5.25. The fourth-order valence-electron chi connectivity index (χ4n) is 1.79. The van der Waals surface area contributed by atoms with Gasteiger partial charge in [0.05, 0.1) is 6.26 Å². The number of fused-ring (bicyclic) bond motifs is 1. The third kappa shape index (κ3) is 1.54. The average Bonchev–Trinajstić information content (AvgIpc) is 2.96. The van der Waals surface area contributed by atoms with Gasteiger partial charge >= 0.3 is 0 Å². The van der Waals surface area contributed by atoms with Gasteiger partial charge in [-0.15, -0.1) is 0 Å². The molecule has 0 amide bonds. The Hall–Kier alpha value is -2.22. The van der Waals surface area contributed by atoms with E-state index in [0.717, 1.165) is 11.3 Å². The molecule has 0 saturated heterocycles. The van der Waals surface area contributed by atoms with E-state index in [1.807, 2.05) is 36.5 Å². The van der Waals surface area contributed by atoms with Crippen LogP contribution in [0.5, 0.6) is 0 Å². The van der Waals surface area contributed by atoms with Crippen LogP contribution in [0.1, 0.15) is 11.3 Å². The standard InChI is InChI=1S/C14H11NO/c1-2-6-14-13(5-1)11(10-15-14)7-8-12-4-3-9-16-12/h1-10,15H. The van der Waals surface area contributed by atoms with Crippen LogP contribution < -0.4 is 0 Å². The van der Waals surface area contributed by atoms with E-state index < -0.39 is 0 Å². The van der Waals surface area contributed by atoms with Crippen molar-refractivity contribution in [3.63, 3.8) is 0 Å². The van der Waals surface area contributed by atoms with Crippen molar-refractivity contribution >= 4 is 23.1 Å². The number of benzene rings is 1. The Labute approximate surface area is 93.2 Å². The van der Waals surface area contributed by atoms with Crippen molar-refractivity contribution in [3.8, 4) is 0 Å². The van der Waals surface area contributed by atoms with Crippen molar-refractivity contribution in [1.29, 1.82) is 0 Å². The third-order valence-corrected chi connectivity index (χ3v) is 2.59. The summed E-state index contributed by atoms with van der Waals surface area (Å²) in [5.74, 6) is 0.866. The molecule has 2 heterocycles. The van der Waals surface area contributed by atoms with Gasteiger partial charge in [-0.1, -0.05) is 18.2 Å². The van der Waals surface area contributed by atoms with Crippen LogP contribution in [-0.2, 0) is 0 Å². The lowest BCUT2D eigenvalue weighted by Gasteiger charge is -1.90. The van der Waals surface area contributed by atoms with Crippen LogP contribution >= 0.6 is 0 Å². The number of rotatable bonds is 2. The molecule has 1 aromatic carbocycles. The van der Waals surface area contributed by atoms with Crippen LogP contribution in [0.25, 0.3) is 23.1 Å². The van der Waals surface area contributed by atoms with Crippen molar-refractivity contribution in [2.24, 2.45) is 0 Å². The maximum atomic E-state index is 5.25. The molecule has 0 unspecified atom stereocenters. The zero-order chi connectivity index (χ0) is 10.8. The van der Waals surface area contributed by atoms with Gasteiger partial charge in [-0.2, -0.15) is 0 Å². The quantitative estimate of drug-likeness (QED) is 0.680. The second kappa shape index (κ2) is 3.74. The van der Waals surface area contributed by atoms with Crippen LogP contribution in [0.4, 0.5) is 0 Å². The topological polar surface area (TPSA) is 28.9 Å². The Balaban J connectivity index is 2.01. The molecule has 78 valence electrons. The molecular weight excluding hydrogens is 198 g/mol. The normalized spacial score (nSPS) is 11.5. The number of para-hydroxylation sites is 1. The van der Waals surface area contributed by atoms with Gasteiger partial charge in [0.15, 0.2) is 0 Å². The molecule has 0 spiro atoms. The number of aromatic nitrogens is 1. The second-order valence-electron chi connectivity index (χ2n) is 3.64. The minimum Gasteiger partial charge on any atom is -0.465 e. The number of nitrogens with one attached hydrogen (secondary N) is 1. The molecule has 16 heavy (non-hydrogen) atoms. The van der Waals surface area contributed by atoms with Gasteiger partial charge in [-0.05, 0) is 35.9 Å². The van der Waals surface area contributed by atoms with E-state index in [9.17, 15) is 0 Å². The molecule has 2 aromatic heterocycles. The van der Waals surface area contributed by atoms with E-state index in [1.54, 1.807) is 6.26 Å². The second-order valence-corrected chi connectivity index (χ2v) is 3.64. The predicted molar refractivity (Wildman–Crippen MR) is 65.9 cm³/mol. The van der Waals surface area contributed by atoms with Crippen LogP contribution in [0.2, 0.25) is 0 Å². The van der Waals surface area contributed by atoms with Crippen molar-refractivity contribution in [2.45, 2.75) is 0 Å². The Morgan fingerprint density at radius 2 is 1.94 bits per heavy atom. The highest BCUT2D eigenvalue weighted by atomic mass is 16.3. The van der Waals surface area contributed by atoms with Gasteiger partial charge in [0.25, 0.3) is 0 Å². The van der Waals surface area contributed by atoms with E-state index >= 15 is 0 Å². The van der Waals surface area contributed by atoms with Crippen LogP contribution in [0.3, 0.4) is 0 Å². The molecule has 0 fully saturated rings. The number of furan rings is 1. The number of H-pyrrole nitrogens is 1. The molecule has 0 saturated carbocycles. The highest BCUT2D eigenvalue weighted by molar-refractivity contribution is 5.91. The molecule has 0 aliphatic heterocycles. The van der Waals surface area contributed by atoms with Gasteiger partial charge in [-0.3, -0.25) is 0 Å². The van der Waals surface area contributed by atoms with Gasteiger partial charge < -0.3 is 9.40 Å². The molecule has 3 aromatic rings. The summed E-state index contributed by atoms with van der Waals surface area (Å²) in [7, 11) is 0. The summed E-state index contributed by atoms with van der Waals surface area (Å²) in [5, 5.41) is 1.23. The Morgan fingerprint density at radius 3 is 2.81 bits per heavy atom. The molecule has 2 heteroatoms. The van der Waals surface area contributed by atoms with Gasteiger partial charge in [-0.25, -0.2) is 0 Å². The minimum absolute atomic E-state index is 0.866. The average molecular weight is 209 g/mol. The summed E-state index contributed by atoms with van der Waals surface area (Å²) in [4.78, 5) is 3.24. The summed E-state index contributed by atoms with van der Waals surface area (Å²) < 4.78 is 5.25. The van der Waals surface area contributed by atoms with Crippen LogP contribution in [-0.4, -0.2) is 4.98 Å². The molecule has 0 aliphatic rings. The van der Waals surface area contributed by atoms with E-state index in [1.165, 1.54) is 10.9 Å². The first kappa shape index (κ1) is 9.04. The highest BCUT2D eigenvalue weighted by Gasteiger charge is 1.98. The Morgan fingerprint density at radius 1 is 1.00 bits per heavy atom. The smallest absolute Gasteiger partial charge is 0.126 e. The SMILES string of the molecule is C(=Cc1c[nH]c2ccccc12)c1ccco1. The van der Waals surface area contributed by atoms with E-state index in [0.29, 0.717) is 0 Å². The number of hydrogen-bond donors (Lipinski definition) is 1. The number of aromatic amines is 1. The largest absolute Gasteiger partial charge is 0.465 e. The lowest BCUT2D eigenvalue weighted by molar-refractivity contribution is 0.557. The fraction of sp³-hybridized carbons (Fsp3) is 0. The molecule has 0 aliphatic carbocycles. The van der Waals surface area contributed by atoms with E-state index in [-0.39, 0.29) is 0 Å². The van der Waals surface area contributed by atoms with Crippen LogP contribution in [0, 0.1) is 0 Å². The molecule has 1 N–H and O–H groups in total. The molecule has 0 bridgehead atoms. The van der Waals surface area contributed by atoms with E-state index in [2.05, 4.69) is 23.2 Å². The monoisotopic (exact) mass is 209 g/mol.